The lowest BCUT2D eigenvalue weighted by atomic mass is 10.1. The number of sulfonamides is 1. The molecule has 210 valence electrons. The molecule has 0 saturated carbocycles. The highest BCUT2D eigenvalue weighted by Gasteiger charge is 2.37. The summed E-state index contributed by atoms with van der Waals surface area (Å²) in [4.78, 5) is 27.6. The molecule has 0 spiro atoms. The second kappa shape index (κ2) is 12.1. The molecule has 1 aromatic heterocycles. The van der Waals surface area contributed by atoms with Crippen molar-refractivity contribution in [2.24, 2.45) is 5.92 Å². The Kier molecular flexibility index (Phi) is 8.76. The summed E-state index contributed by atoms with van der Waals surface area (Å²) in [7, 11) is -2.58. The number of benzene rings is 2. The number of allylic oxidation sites excluding steroid dienone is 1. The smallest absolute Gasteiger partial charge is 0.340 e. The number of rotatable bonds is 10. The number of esters is 1. The SMILES string of the molecule is COC(=O)C1=C(C)N(CC(C)C)C(=O)/C1=C/c1ccc(CN(Cc2ccccc2)S(=O)(=O)c2ccc(C)cc2)o1. The van der Waals surface area contributed by atoms with Crippen LogP contribution in [0.25, 0.3) is 6.08 Å². The lowest BCUT2D eigenvalue weighted by molar-refractivity contribution is -0.136. The van der Waals surface area contributed by atoms with Crippen LogP contribution in [0.2, 0.25) is 0 Å². The van der Waals surface area contributed by atoms with E-state index in [0.29, 0.717) is 23.8 Å². The molecule has 2 heterocycles. The summed E-state index contributed by atoms with van der Waals surface area (Å²) >= 11 is 0. The zero-order valence-corrected chi connectivity index (χ0v) is 24.2. The fraction of sp³-hybridized carbons (Fsp3) is 0.290. The minimum atomic E-state index is -3.86. The highest BCUT2D eigenvalue weighted by molar-refractivity contribution is 7.89. The van der Waals surface area contributed by atoms with E-state index >= 15 is 0 Å². The Morgan fingerprint density at radius 1 is 1.00 bits per heavy atom. The number of carbonyl (C=O) groups is 2. The van der Waals surface area contributed by atoms with Crippen molar-refractivity contribution in [3.8, 4) is 0 Å². The molecule has 0 N–H and O–H groups in total. The van der Waals surface area contributed by atoms with E-state index in [-0.39, 0.29) is 41.0 Å². The Morgan fingerprint density at radius 3 is 2.30 bits per heavy atom. The van der Waals surface area contributed by atoms with E-state index in [2.05, 4.69) is 0 Å². The normalized spacial score (nSPS) is 15.1. The van der Waals surface area contributed by atoms with Crippen molar-refractivity contribution in [3.63, 3.8) is 0 Å². The van der Waals surface area contributed by atoms with Crippen molar-refractivity contribution in [1.82, 2.24) is 9.21 Å². The van der Waals surface area contributed by atoms with Gasteiger partial charge < -0.3 is 14.1 Å². The molecule has 1 aliphatic heterocycles. The number of amides is 1. The third-order valence-corrected chi connectivity index (χ3v) is 8.42. The summed E-state index contributed by atoms with van der Waals surface area (Å²) < 4.78 is 39.6. The van der Waals surface area contributed by atoms with E-state index in [9.17, 15) is 18.0 Å². The predicted octanol–water partition coefficient (Wildman–Crippen LogP) is 5.31. The van der Waals surface area contributed by atoms with Gasteiger partial charge in [0.25, 0.3) is 5.91 Å². The molecule has 3 aromatic rings. The van der Waals surface area contributed by atoms with E-state index in [1.165, 1.54) is 17.5 Å². The number of hydrogen-bond donors (Lipinski definition) is 0. The quantitative estimate of drug-likeness (QED) is 0.246. The zero-order valence-electron chi connectivity index (χ0n) is 23.4. The first-order valence-corrected chi connectivity index (χ1v) is 14.5. The Morgan fingerprint density at radius 2 is 1.68 bits per heavy atom. The van der Waals surface area contributed by atoms with Gasteiger partial charge in [0, 0.05) is 18.8 Å². The Balaban J connectivity index is 1.66. The molecule has 8 nitrogen and oxygen atoms in total. The van der Waals surface area contributed by atoms with Gasteiger partial charge in [-0.05, 0) is 55.7 Å². The standard InChI is InChI=1S/C31H34N2O6S/c1-21(2)18-33-23(4)29(31(35)38-5)28(30(33)34)17-25-13-14-26(39-25)20-32(19-24-9-7-6-8-10-24)40(36,37)27-15-11-22(3)12-16-27/h6-17,21H,18-20H2,1-5H3/b28-17+. The summed E-state index contributed by atoms with van der Waals surface area (Å²) in [5.41, 5.74) is 2.69. The predicted molar refractivity (Wildman–Crippen MR) is 152 cm³/mol. The molecular formula is C31H34N2O6S. The highest BCUT2D eigenvalue weighted by atomic mass is 32.2. The fourth-order valence-corrected chi connectivity index (χ4v) is 5.95. The molecule has 4 rings (SSSR count). The third kappa shape index (κ3) is 6.26. The second-order valence-electron chi connectivity index (χ2n) is 10.2. The van der Waals surface area contributed by atoms with Gasteiger partial charge >= 0.3 is 5.97 Å². The van der Waals surface area contributed by atoms with Crippen LogP contribution in [-0.2, 0) is 37.4 Å². The van der Waals surface area contributed by atoms with Gasteiger partial charge in [0.15, 0.2) is 0 Å². The van der Waals surface area contributed by atoms with Crippen LogP contribution in [0.15, 0.2) is 92.9 Å². The summed E-state index contributed by atoms with van der Waals surface area (Å²) in [6.07, 6.45) is 1.51. The maximum absolute atomic E-state index is 13.7. The molecule has 2 aromatic carbocycles. The number of furan rings is 1. The Labute approximate surface area is 235 Å². The third-order valence-electron chi connectivity index (χ3n) is 6.61. The van der Waals surface area contributed by atoms with Crippen LogP contribution in [0, 0.1) is 12.8 Å². The molecule has 0 aliphatic carbocycles. The summed E-state index contributed by atoms with van der Waals surface area (Å²) in [6.45, 7) is 8.17. The molecule has 0 fully saturated rings. The maximum Gasteiger partial charge on any atom is 0.340 e. The van der Waals surface area contributed by atoms with Crippen LogP contribution in [0.3, 0.4) is 0 Å². The minimum Gasteiger partial charge on any atom is -0.465 e. The largest absolute Gasteiger partial charge is 0.465 e. The van der Waals surface area contributed by atoms with Gasteiger partial charge in [-0.1, -0.05) is 61.9 Å². The van der Waals surface area contributed by atoms with E-state index in [1.54, 1.807) is 48.2 Å². The zero-order chi connectivity index (χ0) is 29.0. The van der Waals surface area contributed by atoms with Gasteiger partial charge in [0.1, 0.15) is 11.5 Å². The average molecular weight is 563 g/mol. The van der Waals surface area contributed by atoms with Crippen LogP contribution in [0.5, 0.6) is 0 Å². The number of carbonyl (C=O) groups excluding carboxylic acids is 2. The van der Waals surface area contributed by atoms with Crippen molar-refractivity contribution in [1.29, 1.82) is 0 Å². The van der Waals surface area contributed by atoms with Gasteiger partial charge in [-0.25, -0.2) is 13.2 Å². The monoisotopic (exact) mass is 562 g/mol. The molecular weight excluding hydrogens is 528 g/mol. The number of ether oxygens (including phenoxy) is 1. The molecule has 1 amide bonds. The lowest BCUT2D eigenvalue weighted by Crippen LogP contribution is -2.30. The first-order valence-electron chi connectivity index (χ1n) is 13.0. The molecule has 0 unspecified atom stereocenters. The van der Waals surface area contributed by atoms with Crippen LogP contribution in [-0.4, -0.2) is 43.2 Å². The van der Waals surface area contributed by atoms with E-state index < -0.39 is 16.0 Å². The molecule has 0 saturated heterocycles. The first kappa shape index (κ1) is 29.0. The van der Waals surface area contributed by atoms with E-state index in [0.717, 1.165) is 11.1 Å². The lowest BCUT2D eigenvalue weighted by Gasteiger charge is -2.21. The number of hydrogen-bond acceptors (Lipinski definition) is 6. The fourth-order valence-electron chi connectivity index (χ4n) is 4.56. The van der Waals surface area contributed by atoms with Gasteiger partial charge in [-0.3, -0.25) is 4.79 Å². The number of methoxy groups -OCH3 is 1. The molecule has 0 atom stereocenters. The summed E-state index contributed by atoms with van der Waals surface area (Å²) in [5.74, 6) is -0.00128. The molecule has 40 heavy (non-hydrogen) atoms. The summed E-state index contributed by atoms with van der Waals surface area (Å²) in [5, 5.41) is 0. The summed E-state index contributed by atoms with van der Waals surface area (Å²) in [6, 6.07) is 19.4. The molecule has 1 aliphatic rings. The van der Waals surface area contributed by atoms with Crippen molar-refractivity contribution in [3.05, 3.63) is 106 Å². The van der Waals surface area contributed by atoms with Crippen molar-refractivity contribution in [2.75, 3.05) is 13.7 Å². The van der Waals surface area contributed by atoms with E-state index in [1.807, 2.05) is 51.1 Å². The van der Waals surface area contributed by atoms with Crippen LogP contribution in [0.4, 0.5) is 0 Å². The number of nitrogens with zero attached hydrogens (tertiary/aromatic N) is 2. The van der Waals surface area contributed by atoms with Gasteiger partial charge in [0.2, 0.25) is 10.0 Å². The topological polar surface area (TPSA) is 97.1 Å². The van der Waals surface area contributed by atoms with Crippen molar-refractivity contribution in [2.45, 2.75) is 45.7 Å². The van der Waals surface area contributed by atoms with Crippen molar-refractivity contribution >= 4 is 28.0 Å². The van der Waals surface area contributed by atoms with Gasteiger partial charge in [-0.15, -0.1) is 0 Å². The maximum atomic E-state index is 13.7. The second-order valence-corrected chi connectivity index (χ2v) is 12.1. The van der Waals surface area contributed by atoms with Crippen LogP contribution in [0.1, 0.15) is 43.4 Å². The van der Waals surface area contributed by atoms with Crippen LogP contribution >= 0.6 is 0 Å². The first-order chi connectivity index (χ1) is 19.0. The molecule has 0 bridgehead atoms. The minimum absolute atomic E-state index is 0.0274. The highest BCUT2D eigenvalue weighted by Crippen LogP contribution is 2.33. The Hall–Kier alpha value is -3.95. The van der Waals surface area contributed by atoms with Gasteiger partial charge in [0.05, 0.1) is 29.7 Å². The Bertz CT molecular complexity index is 1550. The number of aryl methyl sites for hydroxylation is 1. The van der Waals surface area contributed by atoms with Crippen molar-refractivity contribution < 1.29 is 27.2 Å². The van der Waals surface area contributed by atoms with Crippen LogP contribution < -0.4 is 0 Å². The average Bonchev–Trinajstić information content (AvgIpc) is 3.46. The van der Waals surface area contributed by atoms with E-state index in [4.69, 9.17) is 9.15 Å². The molecule has 0 radical (unpaired) electrons. The van der Waals surface area contributed by atoms with Gasteiger partial charge in [-0.2, -0.15) is 4.31 Å². The molecule has 9 heteroatoms.